The van der Waals surface area contributed by atoms with Crippen molar-refractivity contribution in [3.05, 3.63) is 34.9 Å². The van der Waals surface area contributed by atoms with Crippen molar-refractivity contribution in [2.45, 2.75) is 39.3 Å². The molecule has 0 saturated heterocycles. The van der Waals surface area contributed by atoms with Gasteiger partial charge in [0.05, 0.1) is 0 Å². The third-order valence-electron chi connectivity index (χ3n) is 4.49. The number of carbonyl (C=O) groups is 2. The summed E-state index contributed by atoms with van der Waals surface area (Å²) < 4.78 is 0. The molecule has 0 aromatic heterocycles. The summed E-state index contributed by atoms with van der Waals surface area (Å²) in [5.74, 6) is 0.474. The highest BCUT2D eigenvalue weighted by molar-refractivity contribution is 5.71. The third kappa shape index (κ3) is 4.37. The highest BCUT2D eigenvalue weighted by Gasteiger charge is 2.25. The quantitative estimate of drug-likeness (QED) is 0.845. The first-order chi connectivity index (χ1) is 10.9. The molecule has 1 aromatic carbocycles. The average Bonchev–Trinajstić information content (AvgIpc) is 2.92. The van der Waals surface area contributed by atoms with E-state index in [1.54, 1.807) is 7.05 Å². The second-order valence-electron chi connectivity index (χ2n) is 6.40. The average molecular weight is 319 g/mol. The molecular weight excluding hydrogens is 294 g/mol. The summed E-state index contributed by atoms with van der Waals surface area (Å²) in [5, 5.41) is 9.15. The summed E-state index contributed by atoms with van der Waals surface area (Å²) in [4.78, 5) is 25.1. The van der Waals surface area contributed by atoms with Crippen LogP contribution in [-0.4, -0.2) is 40.6 Å². The summed E-state index contributed by atoms with van der Waals surface area (Å²) in [6, 6.07) is 5.71. The van der Waals surface area contributed by atoms with Gasteiger partial charge in [0.1, 0.15) is 0 Å². The lowest BCUT2D eigenvalue weighted by Gasteiger charge is -2.17. The Kier molecular flexibility index (Phi) is 5.47. The first kappa shape index (κ1) is 17.1. The Labute approximate surface area is 136 Å². The Morgan fingerprint density at radius 2 is 2.13 bits per heavy atom. The second kappa shape index (κ2) is 7.35. The zero-order valence-corrected chi connectivity index (χ0v) is 13.8. The molecule has 1 heterocycles. The molecule has 1 atom stereocenters. The van der Waals surface area contributed by atoms with Gasteiger partial charge in [0, 0.05) is 26.7 Å². The van der Waals surface area contributed by atoms with Gasteiger partial charge in [0.2, 0.25) is 0 Å². The monoisotopic (exact) mass is 319 g/mol. The van der Waals surface area contributed by atoms with Crippen LogP contribution in [0.2, 0.25) is 0 Å². The van der Waals surface area contributed by atoms with Gasteiger partial charge in [-0.1, -0.05) is 25.1 Å². The van der Waals surface area contributed by atoms with Crippen LogP contribution in [0.25, 0.3) is 0 Å². The van der Waals surface area contributed by atoms with Crippen LogP contribution in [0.5, 0.6) is 0 Å². The maximum absolute atomic E-state index is 11.1. The van der Waals surface area contributed by atoms with Crippen LogP contribution in [0.15, 0.2) is 18.2 Å². The molecule has 0 bridgehead atoms. The molecule has 1 aliphatic heterocycles. The predicted octanol–water partition coefficient (Wildman–Crippen LogP) is 2.65. The summed E-state index contributed by atoms with van der Waals surface area (Å²) in [6.07, 6.45) is 1.98. The number of fused-ring (bicyclic) bond motifs is 1. The van der Waals surface area contributed by atoms with Gasteiger partial charge in [-0.25, -0.2) is 9.59 Å². The molecule has 6 heteroatoms. The molecule has 3 amide bonds. The van der Waals surface area contributed by atoms with Gasteiger partial charge in [-0.2, -0.15) is 0 Å². The van der Waals surface area contributed by atoms with Crippen LogP contribution >= 0.6 is 0 Å². The number of urea groups is 1. The number of carboxylic acid groups (broad SMARTS) is 1. The Bertz CT molecular complexity index is 588. The molecule has 0 fully saturated rings. The molecule has 126 valence electrons. The summed E-state index contributed by atoms with van der Waals surface area (Å²) in [5.41, 5.74) is 8.73. The van der Waals surface area contributed by atoms with E-state index < -0.39 is 12.1 Å². The lowest BCUT2D eigenvalue weighted by atomic mass is 9.92. The van der Waals surface area contributed by atoms with Crippen molar-refractivity contribution in [3.8, 4) is 0 Å². The fourth-order valence-corrected chi connectivity index (χ4v) is 3.08. The van der Waals surface area contributed by atoms with E-state index in [1.807, 2.05) is 12.1 Å². The minimum Gasteiger partial charge on any atom is -0.465 e. The van der Waals surface area contributed by atoms with E-state index >= 15 is 0 Å². The fraction of sp³-hybridized carbons (Fsp3) is 0.529. The van der Waals surface area contributed by atoms with Crippen LogP contribution in [-0.2, 0) is 19.5 Å². The van der Waals surface area contributed by atoms with Gasteiger partial charge in [0.25, 0.3) is 0 Å². The minimum absolute atomic E-state index is 0.396. The van der Waals surface area contributed by atoms with Crippen molar-refractivity contribution in [1.29, 1.82) is 0 Å². The number of primary amides is 1. The maximum Gasteiger partial charge on any atom is 0.407 e. The SMILES string of the molecule is CC(CCCN(C)C(N)=O)Cc1cccc2c1CN(C(=O)O)C2. The molecule has 3 N–H and O–H groups in total. The Morgan fingerprint density at radius 3 is 2.78 bits per heavy atom. The summed E-state index contributed by atoms with van der Waals surface area (Å²) >= 11 is 0. The first-order valence-corrected chi connectivity index (χ1v) is 7.96. The van der Waals surface area contributed by atoms with Crippen LogP contribution in [0.3, 0.4) is 0 Å². The number of benzene rings is 1. The molecule has 6 nitrogen and oxygen atoms in total. The maximum atomic E-state index is 11.1. The molecular formula is C17H25N3O3. The highest BCUT2D eigenvalue weighted by atomic mass is 16.4. The second-order valence-corrected chi connectivity index (χ2v) is 6.40. The number of carbonyl (C=O) groups excluding carboxylic acids is 1. The predicted molar refractivity (Wildman–Crippen MR) is 88.0 cm³/mol. The lowest BCUT2D eigenvalue weighted by molar-refractivity contribution is 0.145. The number of amides is 3. The number of rotatable bonds is 6. The van der Waals surface area contributed by atoms with Gasteiger partial charge in [-0.05, 0) is 41.9 Å². The Balaban J connectivity index is 1.90. The van der Waals surface area contributed by atoms with E-state index in [1.165, 1.54) is 15.4 Å². The van der Waals surface area contributed by atoms with E-state index in [0.717, 1.165) is 30.4 Å². The Morgan fingerprint density at radius 1 is 1.39 bits per heavy atom. The standard InChI is InChI=1S/C17H25N3O3/c1-12(5-4-8-19(2)16(18)21)9-13-6-3-7-14-10-20(17(22)23)11-15(13)14/h3,6-7,12H,4-5,8-11H2,1-2H3,(H2,18,21)(H,22,23). The number of hydrogen-bond acceptors (Lipinski definition) is 2. The van der Waals surface area contributed by atoms with E-state index in [9.17, 15) is 9.59 Å². The lowest BCUT2D eigenvalue weighted by Crippen LogP contribution is -2.32. The smallest absolute Gasteiger partial charge is 0.407 e. The van der Waals surface area contributed by atoms with Crippen LogP contribution in [0, 0.1) is 5.92 Å². The number of hydrogen-bond donors (Lipinski definition) is 2. The molecule has 0 aliphatic carbocycles. The highest BCUT2D eigenvalue weighted by Crippen LogP contribution is 2.28. The zero-order valence-electron chi connectivity index (χ0n) is 13.8. The summed E-state index contributed by atoms with van der Waals surface area (Å²) in [6.45, 7) is 3.82. The minimum atomic E-state index is -0.866. The molecule has 1 unspecified atom stereocenters. The van der Waals surface area contributed by atoms with Crippen LogP contribution in [0.4, 0.5) is 9.59 Å². The van der Waals surface area contributed by atoms with Crippen molar-refractivity contribution < 1.29 is 14.7 Å². The Hall–Kier alpha value is -2.24. The van der Waals surface area contributed by atoms with E-state index in [2.05, 4.69) is 13.0 Å². The van der Waals surface area contributed by atoms with Crippen molar-refractivity contribution in [1.82, 2.24) is 9.80 Å². The van der Waals surface area contributed by atoms with E-state index in [-0.39, 0.29) is 0 Å². The molecule has 0 saturated carbocycles. The number of nitrogens with two attached hydrogens (primary N) is 1. The zero-order chi connectivity index (χ0) is 17.0. The van der Waals surface area contributed by atoms with Gasteiger partial charge < -0.3 is 15.7 Å². The third-order valence-corrected chi connectivity index (χ3v) is 4.49. The van der Waals surface area contributed by atoms with Crippen molar-refractivity contribution in [2.75, 3.05) is 13.6 Å². The van der Waals surface area contributed by atoms with Gasteiger partial charge in [0.15, 0.2) is 0 Å². The normalized spacial score (nSPS) is 14.4. The van der Waals surface area contributed by atoms with Gasteiger partial charge in [-0.3, -0.25) is 4.90 Å². The summed E-state index contributed by atoms with van der Waals surface area (Å²) in [7, 11) is 1.71. The molecule has 0 radical (unpaired) electrons. The molecule has 1 aliphatic rings. The first-order valence-electron chi connectivity index (χ1n) is 7.96. The van der Waals surface area contributed by atoms with E-state index in [4.69, 9.17) is 10.8 Å². The van der Waals surface area contributed by atoms with E-state index in [0.29, 0.717) is 25.6 Å². The molecule has 1 aromatic rings. The van der Waals surface area contributed by atoms with Crippen molar-refractivity contribution in [2.24, 2.45) is 11.7 Å². The van der Waals surface area contributed by atoms with Crippen molar-refractivity contribution >= 4 is 12.1 Å². The molecule has 2 rings (SSSR count). The number of nitrogens with zero attached hydrogens (tertiary/aromatic N) is 2. The van der Waals surface area contributed by atoms with Gasteiger partial charge >= 0.3 is 12.1 Å². The molecule has 0 spiro atoms. The largest absolute Gasteiger partial charge is 0.465 e. The topological polar surface area (TPSA) is 86.9 Å². The fourth-order valence-electron chi connectivity index (χ4n) is 3.08. The van der Waals surface area contributed by atoms with Crippen molar-refractivity contribution in [3.63, 3.8) is 0 Å². The van der Waals surface area contributed by atoms with Gasteiger partial charge in [-0.15, -0.1) is 0 Å². The molecule has 23 heavy (non-hydrogen) atoms. The van der Waals surface area contributed by atoms with Crippen LogP contribution in [0.1, 0.15) is 36.5 Å². The van der Waals surface area contributed by atoms with Crippen LogP contribution < -0.4 is 5.73 Å².